The summed E-state index contributed by atoms with van der Waals surface area (Å²) in [4.78, 5) is 55.0. The fourth-order valence-corrected chi connectivity index (χ4v) is 10.8. The van der Waals surface area contributed by atoms with E-state index in [1.54, 1.807) is 35.1 Å². The van der Waals surface area contributed by atoms with Gasteiger partial charge >= 0.3 is 11.9 Å². The topological polar surface area (TPSA) is 318 Å². The number of non-ortho nitro benzene ring substituents is 1. The first-order valence-corrected chi connectivity index (χ1v) is 25.3. The standard InChI is InChI=1S/C51H67N5O17/c1-27-20-32(37(58)15-9-14-33-25-55(54-53-33)19-18-31-24-52-36-17-16-34(56(66)67)23-35(31)36)22-38(45(27)73-50-44(62)43(61)41(59)28(2)68-50)70-51-47(72-49(65)30-12-7-4-8-13-30)46(42(60)40(26-57)71-51)69-39(48(63)64)21-29-10-5-3-6-11-29/h4,7-8,12-13,16-17,23-25,27-29,32,38-47,50-52,57,59-62H,3,5-6,9-11,14-15,18-22,26H2,1-2H3,(H,63,64)/t27?,28?,32?,38-,39+,40+,41-,42+,43+,44?,45-,46?,47?,50+,51-/m1/s1. The largest absolute Gasteiger partial charge is 0.479 e. The highest BCUT2D eigenvalue weighted by molar-refractivity contribution is 5.89. The molecule has 4 fully saturated rings. The SMILES string of the molecule is CC1O[C@@H](O[C@@H]2C(C)CC(C(=O)CCCc3cn(CCc4c[nH]c5ccc([N+](=O)[O-])cc45)nn3)C[C@H]2O[C@@H]2O[C@@H](CO)[C@H](O)C(O[C@@H](CC3CCCCC3)C(=O)O)C2OC(=O)c2ccccc2)C(O)[C@@H](O)[C@@H]1O. The zero-order valence-electron chi connectivity index (χ0n) is 40.9. The number of carboxylic acid groups (broad SMARTS) is 1. The Labute approximate surface area is 421 Å². The lowest BCUT2D eigenvalue weighted by atomic mass is 9.75. The van der Waals surface area contributed by atoms with E-state index >= 15 is 0 Å². The predicted molar refractivity (Wildman–Crippen MR) is 256 cm³/mol. The van der Waals surface area contributed by atoms with E-state index in [4.69, 9.17) is 28.4 Å². The van der Waals surface area contributed by atoms with Crippen LogP contribution in [0.3, 0.4) is 0 Å². The number of aromatic amines is 1. The van der Waals surface area contributed by atoms with Crippen LogP contribution in [-0.2, 0) is 57.4 Å². The molecule has 2 aromatic heterocycles. The van der Waals surface area contributed by atoms with Crippen molar-refractivity contribution in [3.8, 4) is 0 Å². The fourth-order valence-electron chi connectivity index (χ4n) is 10.8. The van der Waals surface area contributed by atoms with Crippen LogP contribution in [0.4, 0.5) is 5.69 Å². The number of rotatable bonds is 21. The van der Waals surface area contributed by atoms with Crippen LogP contribution in [0.25, 0.3) is 10.9 Å². The molecule has 7 N–H and O–H groups in total. The van der Waals surface area contributed by atoms with Crippen molar-refractivity contribution >= 4 is 34.3 Å². The van der Waals surface area contributed by atoms with Crippen molar-refractivity contribution in [2.45, 2.75) is 177 Å². The molecule has 8 rings (SSSR count). The minimum atomic E-state index is -1.70. The molecule has 73 heavy (non-hydrogen) atoms. The number of aryl methyl sites for hydroxylation is 3. The van der Waals surface area contributed by atoms with Crippen molar-refractivity contribution in [3.63, 3.8) is 0 Å². The third-order valence-corrected chi connectivity index (χ3v) is 14.9. The average molecular weight is 1020 g/mol. The molecule has 22 heteroatoms. The molecule has 2 saturated carbocycles. The van der Waals surface area contributed by atoms with Gasteiger partial charge in [-0.25, -0.2) is 9.59 Å². The first-order chi connectivity index (χ1) is 35.1. The van der Waals surface area contributed by atoms with Gasteiger partial charge < -0.3 is 64.0 Å². The number of nitro benzene ring substituents is 1. The first-order valence-electron chi connectivity index (χ1n) is 25.3. The van der Waals surface area contributed by atoms with E-state index in [-0.39, 0.29) is 42.2 Å². The van der Waals surface area contributed by atoms with Crippen LogP contribution in [0.5, 0.6) is 0 Å². The highest BCUT2D eigenvalue weighted by atomic mass is 16.7. The number of benzene rings is 2. The third kappa shape index (κ3) is 13.0. The van der Waals surface area contributed by atoms with Crippen molar-refractivity contribution < 1.29 is 78.4 Å². The highest BCUT2D eigenvalue weighted by Crippen LogP contribution is 2.40. The van der Waals surface area contributed by atoms with Crippen LogP contribution in [0, 0.1) is 27.9 Å². The van der Waals surface area contributed by atoms with Crippen LogP contribution < -0.4 is 0 Å². The van der Waals surface area contributed by atoms with E-state index in [0.717, 1.165) is 48.6 Å². The summed E-state index contributed by atoms with van der Waals surface area (Å²) in [6.45, 7) is 3.00. The number of aliphatic hydroxyl groups excluding tert-OH is 5. The minimum Gasteiger partial charge on any atom is -0.479 e. The number of aliphatic hydroxyl groups is 5. The summed E-state index contributed by atoms with van der Waals surface area (Å²) >= 11 is 0. The number of carboxylic acids is 1. The summed E-state index contributed by atoms with van der Waals surface area (Å²) in [5.41, 5.74) is 2.45. The number of nitro groups is 1. The second-order valence-electron chi connectivity index (χ2n) is 20.1. The van der Waals surface area contributed by atoms with Gasteiger partial charge in [0.05, 0.1) is 41.1 Å². The highest BCUT2D eigenvalue weighted by Gasteiger charge is 2.54. The summed E-state index contributed by atoms with van der Waals surface area (Å²) in [5, 5.41) is 85.6. The molecule has 15 atom stereocenters. The van der Waals surface area contributed by atoms with Crippen LogP contribution >= 0.6 is 0 Å². The molecule has 0 amide bonds. The van der Waals surface area contributed by atoms with Gasteiger partial charge in [0.2, 0.25) is 0 Å². The Morgan fingerprint density at radius 2 is 1.67 bits per heavy atom. The molecular formula is C51H67N5O17. The van der Waals surface area contributed by atoms with E-state index in [9.17, 15) is 55.1 Å². The van der Waals surface area contributed by atoms with Crippen molar-refractivity contribution in [3.05, 3.63) is 87.9 Å². The summed E-state index contributed by atoms with van der Waals surface area (Å²) in [6, 6.07) is 12.6. The Kier molecular flexibility index (Phi) is 18.0. The maximum atomic E-state index is 14.2. The van der Waals surface area contributed by atoms with Gasteiger partial charge in [-0.1, -0.05) is 62.4 Å². The number of ketones is 1. The number of ether oxygens (including phenoxy) is 6. The smallest absolute Gasteiger partial charge is 0.338 e. The van der Waals surface area contributed by atoms with E-state index in [0.29, 0.717) is 37.9 Å². The number of nitrogens with one attached hydrogen (secondary N) is 1. The zero-order valence-corrected chi connectivity index (χ0v) is 40.9. The quantitative estimate of drug-likeness (QED) is 0.0356. The van der Waals surface area contributed by atoms with Gasteiger partial charge in [0.1, 0.15) is 42.4 Å². The molecule has 6 unspecified atom stereocenters. The van der Waals surface area contributed by atoms with Crippen LogP contribution in [-0.4, -0.2) is 160 Å². The molecule has 2 aromatic carbocycles. The van der Waals surface area contributed by atoms with Crippen molar-refractivity contribution in [2.75, 3.05) is 6.61 Å². The number of hydrogen-bond acceptors (Lipinski definition) is 18. The van der Waals surface area contributed by atoms with Gasteiger partial charge in [-0.05, 0) is 81.0 Å². The monoisotopic (exact) mass is 1020 g/mol. The molecule has 4 heterocycles. The van der Waals surface area contributed by atoms with E-state index in [1.807, 2.05) is 13.1 Å². The predicted octanol–water partition coefficient (Wildman–Crippen LogP) is 3.56. The number of Topliss-reactive ketones (excluding diaryl/α,β-unsaturated/α-hetero) is 1. The number of nitrogens with zero attached hydrogens (tertiary/aromatic N) is 4. The summed E-state index contributed by atoms with van der Waals surface area (Å²) in [6.07, 6.45) is -8.69. The lowest BCUT2D eigenvalue weighted by Gasteiger charge is -2.48. The van der Waals surface area contributed by atoms with Gasteiger partial charge in [-0.3, -0.25) is 19.6 Å². The van der Waals surface area contributed by atoms with Crippen LogP contribution in [0.1, 0.15) is 99.7 Å². The molecule has 2 aliphatic carbocycles. The molecular weight excluding hydrogens is 955 g/mol. The van der Waals surface area contributed by atoms with Gasteiger partial charge in [0.25, 0.3) is 5.69 Å². The second kappa shape index (κ2) is 24.4. The van der Waals surface area contributed by atoms with Crippen LogP contribution in [0.2, 0.25) is 0 Å². The van der Waals surface area contributed by atoms with Gasteiger partial charge in [0.15, 0.2) is 24.8 Å². The van der Waals surface area contributed by atoms with E-state index in [2.05, 4.69) is 15.3 Å². The van der Waals surface area contributed by atoms with Crippen molar-refractivity contribution in [1.29, 1.82) is 0 Å². The maximum Gasteiger partial charge on any atom is 0.338 e. The fraction of sp³-hybridized carbons (Fsp3) is 0.627. The molecule has 4 aliphatic rings. The van der Waals surface area contributed by atoms with Gasteiger partial charge in [-0.15, -0.1) is 5.10 Å². The summed E-state index contributed by atoms with van der Waals surface area (Å²) in [5.74, 6) is -3.36. The number of fused-ring (bicyclic) bond motifs is 1. The van der Waals surface area contributed by atoms with Gasteiger partial charge in [-0.2, -0.15) is 0 Å². The second-order valence-corrected chi connectivity index (χ2v) is 20.1. The number of aliphatic carboxylic acids is 1. The molecule has 2 aliphatic heterocycles. The Balaban J connectivity index is 1.00. The number of hydrogen-bond donors (Lipinski definition) is 7. The Bertz CT molecular complexity index is 2480. The number of esters is 1. The lowest BCUT2D eigenvalue weighted by molar-refractivity contribution is -0.384. The Hall–Kier alpha value is -5.27. The minimum absolute atomic E-state index is 0.00107. The molecule has 0 bridgehead atoms. The van der Waals surface area contributed by atoms with Crippen molar-refractivity contribution in [2.24, 2.45) is 17.8 Å². The molecule has 398 valence electrons. The molecule has 0 radical (unpaired) electrons. The zero-order chi connectivity index (χ0) is 51.9. The summed E-state index contributed by atoms with van der Waals surface area (Å²) < 4.78 is 39.2. The number of aromatic nitrogens is 4. The Morgan fingerprint density at radius 3 is 2.40 bits per heavy atom. The Morgan fingerprint density at radius 1 is 0.904 bits per heavy atom. The number of H-pyrrole nitrogens is 1. The summed E-state index contributed by atoms with van der Waals surface area (Å²) in [7, 11) is 0. The maximum absolute atomic E-state index is 14.2. The molecule has 0 spiro atoms. The molecule has 4 aromatic rings. The normalized spacial score (nSPS) is 31.5. The van der Waals surface area contributed by atoms with Crippen LogP contribution in [0.15, 0.2) is 60.9 Å². The number of carbonyl (C=O) groups excluding carboxylic acids is 2. The average Bonchev–Trinajstić information content (AvgIpc) is 4.03. The van der Waals surface area contributed by atoms with Crippen molar-refractivity contribution in [1.82, 2.24) is 20.0 Å². The van der Waals surface area contributed by atoms with E-state index in [1.165, 1.54) is 31.2 Å². The van der Waals surface area contributed by atoms with E-state index < -0.39 is 115 Å². The van der Waals surface area contributed by atoms with Gasteiger partial charge in [0, 0.05) is 54.3 Å². The third-order valence-electron chi connectivity index (χ3n) is 14.9. The first kappa shape index (κ1) is 54.0. The molecule has 22 nitrogen and oxygen atoms in total. The lowest BCUT2D eigenvalue weighted by Crippen LogP contribution is -2.64. The molecule has 2 saturated heterocycles. The number of carbonyl (C=O) groups is 3.